The number of allylic oxidation sites excluding steroid dienone is 1. The van der Waals surface area contributed by atoms with Crippen LogP contribution in [0.5, 0.6) is 0 Å². The monoisotopic (exact) mass is 581 g/mol. The highest BCUT2D eigenvalue weighted by Gasteiger charge is 2.30. The largest absolute Gasteiger partial charge is 0.313 e. The van der Waals surface area contributed by atoms with Crippen molar-refractivity contribution in [2.75, 3.05) is 0 Å². The number of hydrogen-bond donors (Lipinski definition) is 0. The number of fused-ring (bicyclic) bond motifs is 6. The summed E-state index contributed by atoms with van der Waals surface area (Å²) in [4.78, 5) is 0. The van der Waals surface area contributed by atoms with E-state index in [1.54, 1.807) is 0 Å². The minimum atomic E-state index is 0.134. The fraction of sp³-hybridized carbons (Fsp3) is 0.167. The van der Waals surface area contributed by atoms with E-state index < -0.39 is 0 Å². The highest BCUT2D eigenvalue weighted by molar-refractivity contribution is 6.09. The van der Waals surface area contributed by atoms with Crippen LogP contribution in [0.25, 0.3) is 61.3 Å². The van der Waals surface area contributed by atoms with Crippen LogP contribution in [0.15, 0.2) is 121 Å². The molecule has 0 saturated heterocycles. The van der Waals surface area contributed by atoms with Crippen molar-refractivity contribution < 1.29 is 0 Å². The lowest BCUT2D eigenvalue weighted by atomic mass is 9.76. The molecular formula is C42H35N3. The molecular weight excluding hydrogens is 546 g/mol. The zero-order valence-electron chi connectivity index (χ0n) is 26.2. The lowest BCUT2D eigenvalue weighted by Crippen LogP contribution is -2.17. The molecule has 218 valence electrons. The Bertz CT molecular complexity index is 2310. The fourth-order valence-corrected chi connectivity index (χ4v) is 7.38. The van der Waals surface area contributed by atoms with Gasteiger partial charge < -0.3 is 9.13 Å². The Hall–Kier alpha value is -5.33. The first-order valence-corrected chi connectivity index (χ1v) is 15.8. The Labute approximate surface area is 264 Å². The van der Waals surface area contributed by atoms with Crippen molar-refractivity contribution in [3.8, 4) is 28.6 Å². The maximum atomic E-state index is 10.2. The van der Waals surface area contributed by atoms with Gasteiger partial charge in [-0.05, 0) is 71.5 Å². The molecule has 0 spiro atoms. The van der Waals surface area contributed by atoms with E-state index in [1.165, 1.54) is 38.5 Å². The molecule has 45 heavy (non-hydrogen) atoms. The van der Waals surface area contributed by atoms with Crippen LogP contribution in [-0.4, -0.2) is 9.13 Å². The predicted molar refractivity (Wildman–Crippen MR) is 188 cm³/mol. The highest BCUT2D eigenvalue weighted by atomic mass is 15.0. The molecule has 2 heterocycles. The Morgan fingerprint density at radius 2 is 1.24 bits per heavy atom. The molecule has 0 aliphatic heterocycles. The predicted octanol–water partition coefficient (Wildman–Crippen LogP) is 11.2. The van der Waals surface area contributed by atoms with Crippen LogP contribution in [0, 0.1) is 16.7 Å². The summed E-state index contributed by atoms with van der Waals surface area (Å²) in [7, 11) is 0. The number of para-hydroxylation sites is 3. The van der Waals surface area contributed by atoms with Crippen molar-refractivity contribution in [3.63, 3.8) is 0 Å². The first-order valence-electron chi connectivity index (χ1n) is 15.8. The summed E-state index contributed by atoms with van der Waals surface area (Å²) < 4.78 is 4.76. The van der Waals surface area contributed by atoms with E-state index in [4.69, 9.17) is 0 Å². The molecule has 1 unspecified atom stereocenters. The molecule has 3 heteroatoms. The second-order valence-corrected chi connectivity index (χ2v) is 13.5. The highest BCUT2D eigenvalue weighted by Crippen LogP contribution is 2.46. The summed E-state index contributed by atoms with van der Waals surface area (Å²) >= 11 is 0. The van der Waals surface area contributed by atoms with E-state index >= 15 is 0 Å². The van der Waals surface area contributed by atoms with Crippen LogP contribution in [0.4, 0.5) is 0 Å². The molecule has 0 bridgehead atoms. The Morgan fingerprint density at radius 3 is 1.89 bits per heavy atom. The van der Waals surface area contributed by atoms with Crippen molar-refractivity contribution >= 4 is 38.8 Å². The third kappa shape index (κ3) is 4.32. The molecule has 1 aliphatic rings. The number of benzene rings is 5. The number of nitriles is 1. The van der Waals surface area contributed by atoms with Crippen LogP contribution >= 0.6 is 0 Å². The molecule has 0 N–H and O–H groups in total. The third-order valence-corrected chi connectivity index (χ3v) is 9.55. The normalized spacial score (nSPS) is 14.9. The maximum Gasteiger partial charge on any atom is 0.0992 e. The van der Waals surface area contributed by atoms with Gasteiger partial charge >= 0.3 is 0 Å². The van der Waals surface area contributed by atoms with E-state index in [2.05, 4.69) is 152 Å². The standard InChI is InChI=1S/C42H35N3/c1-27-20-31(42(2,3)4)25-37-36-16-7-10-19-40(36)45(41(27)37)32-13-11-12-29(23-32)30-21-28(26-43)22-33(24-30)44-38-17-8-5-14-34(38)35-15-6-9-18-39(35)44/h5-19,21-25,27H,20H2,1-4H3. The van der Waals surface area contributed by atoms with Gasteiger partial charge in [0, 0.05) is 44.7 Å². The topological polar surface area (TPSA) is 33.6 Å². The summed E-state index contributed by atoms with van der Waals surface area (Å²) in [5.41, 5.74) is 12.8. The number of nitrogens with zero attached hydrogens (tertiary/aromatic N) is 3. The molecule has 1 atom stereocenters. The van der Waals surface area contributed by atoms with Gasteiger partial charge in [0.15, 0.2) is 0 Å². The van der Waals surface area contributed by atoms with Gasteiger partial charge in [0.25, 0.3) is 0 Å². The average Bonchev–Trinajstić information content (AvgIpc) is 3.58. The summed E-state index contributed by atoms with van der Waals surface area (Å²) in [5.74, 6) is 0.388. The van der Waals surface area contributed by atoms with Gasteiger partial charge in [0.1, 0.15) is 0 Å². The Balaban J connectivity index is 1.33. The van der Waals surface area contributed by atoms with E-state index in [9.17, 15) is 5.26 Å². The molecule has 0 amide bonds. The van der Waals surface area contributed by atoms with E-state index in [1.807, 2.05) is 12.1 Å². The molecule has 0 saturated carbocycles. The van der Waals surface area contributed by atoms with Gasteiger partial charge in [-0.3, -0.25) is 0 Å². The number of aromatic nitrogens is 2. The van der Waals surface area contributed by atoms with Crippen molar-refractivity contribution in [2.24, 2.45) is 5.41 Å². The Morgan fingerprint density at radius 1 is 0.644 bits per heavy atom. The average molecular weight is 582 g/mol. The fourth-order valence-electron chi connectivity index (χ4n) is 7.38. The number of hydrogen-bond acceptors (Lipinski definition) is 1. The van der Waals surface area contributed by atoms with Gasteiger partial charge in [0.2, 0.25) is 0 Å². The first kappa shape index (κ1) is 27.2. The van der Waals surface area contributed by atoms with Crippen LogP contribution in [-0.2, 0) is 0 Å². The Kier molecular flexibility index (Phi) is 6.12. The summed E-state index contributed by atoms with van der Waals surface area (Å²) in [5, 5.41) is 13.9. The van der Waals surface area contributed by atoms with Gasteiger partial charge in [-0.1, -0.05) is 106 Å². The maximum absolute atomic E-state index is 10.2. The zero-order chi connectivity index (χ0) is 30.9. The van der Waals surface area contributed by atoms with Gasteiger partial charge in [-0.25, -0.2) is 0 Å². The molecule has 0 fully saturated rings. The third-order valence-electron chi connectivity index (χ3n) is 9.55. The first-order chi connectivity index (χ1) is 21.8. The molecule has 0 radical (unpaired) electrons. The quantitative estimate of drug-likeness (QED) is 0.204. The smallest absolute Gasteiger partial charge is 0.0992 e. The lowest BCUT2D eigenvalue weighted by molar-refractivity contribution is 0.468. The lowest BCUT2D eigenvalue weighted by Gasteiger charge is -2.30. The summed E-state index contributed by atoms with van der Waals surface area (Å²) in [6.45, 7) is 9.33. The van der Waals surface area contributed by atoms with Crippen LogP contribution in [0.3, 0.4) is 0 Å². The minimum Gasteiger partial charge on any atom is -0.313 e. The van der Waals surface area contributed by atoms with Crippen molar-refractivity contribution in [1.29, 1.82) is 5.26 Å². The molecule has 8 rings (SSSR count). The molecule has 3 nitrogen and oxygen atoms in total. The van der Waals surface area contributed by atoms with Crippen LogP contribution in [0.1, 0.15) is 56.9 Å². The van der Waals surface area contributed by atoms with Crippen LogP contribution < -0.4 is 0 Å². The molecule has 5 aromatic carbocycles. The summed E-state index contributed by atoms with van der Waals surface area (Å²) in [6, 6.07) is 43.3. The molecule has 1 aliphatic carbocycles. The zero-order valence-corrected chi connectivity index (χ0v) is 26.2. The molecule has 7 aromatic rings. The second-order valence-electron chi connectivity index (χ2n) is 13.5. The summed E-state index contributed by atoms with van der Waals surface area (Å²) in [6.07, 6.45) is 3.51. The van der Waals surface area contributed by atoms with Crippen molar-refractivity contribution in [3.05, 3.63) is 138 Å². The van der Waals surface area contributed by atoms with Crippen molar-refractivity contribution in [1.82, 2.24) is 9.13 Å². The molecule has 2 aromatic heterocycles. The van der Waals surface area contributed by atoms with Gasteiger partial charge in [-0.2, -0.15) is 5.26 Å². The van der Waals surface area contributed by atoms with Gasteiger partial charge in [-0.15, -0.1) is 0 Å². The van der Waals surface area contributed by atoms with E-state index in [0.717, 1.165) is 40.0 Å². The second kappa shape index (κ2) is 10.1. The minimum absolute atomic E-state index is 0.134. The SMILES string of the molecule is CC1CC(C(C)(C)C)=Cc2c1n(-c1cccc(-c3cc(C#N)cc(-n4c5ccccc5c5ccccc54)c3)c1)c1ccccc21. The van der Waals surface area contributed by atoms with Crippen molar-refractivity contribution in [2.45, 2.75) is 40.0 Å². The number of rotatable bonds is 3. The van der Waals surface area contributed by atoms with Gasteiger partial charge in [0.05, 0.1) is 28.2 Å². The van der Waals surface area contributed by atoms with E-state index in [-0.39, 0.29) is 5.41 Å². The van der Waals surface area contributed by atoms with E-state index in [0.29, 0.717) is 11.5 Å². The van der Waals surface area contributed by atoms with Crippen LogP contribution in [0.2, 0.25) is 0 Å².